The zero-order valence-electron chi connectivity index (χ0n) is 15.4. The predicted molar refractivity (Wildman–Crippen MR) is 111 cm³/mol. The van der Waals surface area contributed by atoms with Crippen molar-refractivity contribution in [3.8, 4) is 0 Å². The predicted octanol–water partition coefficient (Wildman–Crippen LogP) is 4.44. The standard InChI is InChI=1S/C21H22N4OS/c1-15-8-9-18(12-16(15)2)23-20(26)14-27-21-11-10-19(24-25-21)22-13-17-6-4-3-5-7-17/h3-12H,13-14H2,1-2H3,(H,22,24)(H,23,26). The van der Waals surface area contributed by atoms with Gasteiger partial charge in [0.15, 0.2) is 0 Å². The first-order chi connectivity index (χ1) is 13.1. The number of nitrogens with zero attached hydrogens (tertiary/aromatic N) is 2. The van der Waals surface area contributed by atoms with Gasteiger partial charge >= 0.3 is 0 Å². The highest BCUT2D eigenvalue weighted by atomic mass is 32.2. The molecule has 0 spiro atoms. The van der Waals surface area contributed by atoms with Crippen LogP contribution in [0.4, 0.5) is 11.5 Å². The second-order valence-corrected chi connectivity index (χ2v) is 7.23. The van der Waals surface area contributed by atoms with E-state index in [1.807, 2.05) is 62.4 Å². The van der Waals surface area contributed by atoms with Gasteiger partial charge in [0, 0.05) is 12.2 Å². The van der Waals surface area contributed by atoms with Crippen molar-refractivity contribution in [2.24, 2.45) is 0 Å². The first kappa shape index (κ1) is 18.9. The molecule has 0 saturated carbocycles. The van der Waals surface area contributed by atoms with E-state index in [2.05, 4.69) is 33.0 Å². The number of carbonyl (C=O) groups excluding carboxylic acids is 1. The van der Waals surface area contributed by atoms with Gasteiger partial charge in [-0.25, -0.2) is 0 Å². The number of benzene rings is 2. The highest BCUT2D eigenvalue weighted by Gasteiger charge is 2.06. The molecule has 6 heteroatoms. The van der Waals surface area contributed by atoms with Crippen molar-refractivity contribution in [1.82, 2.24) is 10.2 Å². The molecule has 1 amide bonds. The van der Waals surface area contributed by atoms with Crippen LogP contribution in [0.5, 0.6) is 0 Å². The van der Waals surface area contributed by atoms with Crippen LogP contribution < -0.4 is 10.6 Å². The van der Waals surface area contributed by atoms with Crippen LogP contribution in [0.2, 0.25) is 0 Å². The average Bonchev–Trinajstić information content (AvgIpc) is 2.69. The Morgan fingerprint density at radius 2 is 1.78 bits per heavy atom. The molecule has 2 aromatic carbocycles. The first-order valence-electron chi connectivity index (χ1n) is 8.71. The van der Waals surface area contributed by atoms with E-state index >= 15 is 0 Å². The van der Waals surface area contributed by atoms with Crippen LogP contribution in [0.15, 0.2) is 65.7 Å². The first-order valence-corrected chi connectivity index (χ1v) is 9.70. The smallest absolute Gasteiger partial charge is 0.234 e. The fraction of sp³-hybridized carbons (Fsp3) is 0.190. The van der Waals surface area contributed by atoms with Gasteiger partial charge in [0.25, 0.3) is 0 Å². The molecule has 0 unspecified atom stereocenters. The normalized spacial score (nSPS) is 10.4. The van der Waals surface area contributed by atoms with Gasteiger partial charge < -0.3 is 10.6 Å². The maximum absolute atomic E-state index is 12.1. The Morgan fingerprint density at radius 1 is 0.963 bits per heavy atom. The lowest BCUT2D eigenvalue weighted by molar-refractivity contribution is -0.113. The van der Waals surface area contributed by atoms with Crippen molar-refractivity contribution in [3.63, 3.8) is 0 Å². The number of aryl methyl sites for hydroxylation is 2. The summed E-state index contributed by atoms with van der Waals surface area (Å²) in [7, 11) is 0. The number of thioether (sulfide) groups is 1. The van der Waals surface area contributed by atoms with Crippen molar-refractivity contribution in [3.05, 3.63) is 77.4 Å². The van der Waals surface area contributed by atoms with Crippen LogP contribution in [0.1, 0.15) is 16.7 Å². The van der Waals surface area contributed by atoms with Crippen LogP contribution in [-0.2, 0) is 11.3 Å². The molecule has 3 aromatic rings. The highest BCUT2D eigenvalue weighted by Crippen LogP contribution is 2.18. The fourth-order valence-electron chi connectivity index (χ4n) is 2.44. The van der Waals surface area contributed by atoms with Crippen molar-refractivity contribution in [1.29, 1.82) is 0 Å². The monoisotopic (exact) mass is 378 g/mol. The Bertz CT molecular complexity index is 898. The van der Waals surface area contributed by atoms with Gasteiger partial charge in [0.1, 0.15) is 10.8 Å². The Hall–Kier alpha value is -2.86. The number of hydrogen-bond acceptors (Lipinski definition) is 5. The van der Waals surface area contributed by atoms with E-state index in [0.717, 1.165) is 16.3 Å². The van der Waals surface area contributed by atoms with E-state index in [-0.39, 0.29) is 5.91 Å². The molecule has 138 valence electrons. The third kappa shape index (κ3) is 5.82. The lowest BCUT2D eigenvalue weighted by Crippen LogP contribution is -2.14. The van der Waals surface area contributed by atoms with E-state index in [0.29, 0.717) is 18.1 Å². The number of amides is 1. The SMILES string of the molecule is Cc1ccc(NC(=O)CSc2ccc(NCc3ccccc3)nn2)cc1C. The van der Waals surface area contributed by atoms with Crippen molar-refractivity contribution < 1.29 is 4.79 Å². The molecule has 0 bridgehead atoms. The summed E-state index contributed by atoms with van der Waals surface area (Å²) in [5.41, 5.74) is 4.36. The number of hydrogen-bond donors (Lipinski definition) is 2. The molecule has 0 aliphatic rings. The third-order valence-corrected chi connectivity index (χ3v) is 5.02. The highest BCUT2D eigenvalue weighted by molar-refractivity contribution is 7.99. The largest absolute Gasteiger partial charge is 0.365 e. The van der Waals surface area contributed by atoms with Crippen LogP contribution >= 0.6 is 11.8 Å². The number of aromatic nitrogens is 2. The van der Waals surface area contributed by atoms with E-state index in [4.69, 9.17) is 0 Å². The summed E-state index contributed by atoms with van der Waals surface area (Å²) in [5.74, 6) is 0.942. The van der Waals surface area contributed by atoms with Crippen LogP contribution in [0.25, 0.3) is 0 Å². The molecular formula is C21H22N4OS. The van der Waals surface area contributed by atoms with Gasteiger partial charge in [0.2, 0.25) is 5.91 Å². The van der Waals surface area contributed by atoms with Crippen LogP contribution in [-0.4, -0.2) is 21.9 Å². The summed E-state index contributed by atoms with van der Waals surface area (Å²) in [6.07, 6.45) is 0. The Kier molecular flexibility index (Phi) is 6.44. The van der Waals surface area contributed by atoms with Gasteiger partial charge in [0.05, 0.1) is 5.75 Å². The van der Waals surface area contributed by atoms with Gasteiger partial charge in [-0.05, 0) is 54.8 Å². The maximum atomic E-state index is 12.1. The molecule has 0 saturated heterocycles. The van der Waals surface area contributed by atoms with E-state index < -0.39 is 0 Å². The molecule has 0 atom stereocenters. The quantitative estimate of drug-likeness (QED) is 0.595. The van der Waals surface area contributed by atoms with Gasteiger partial charge in [-0.15, -0.1) is 10.2 Å². The lowest BCUT2D eigenvalue weighted by Gasteiger charge is -2.08. The molecule has 0 radical (unpaired) electrons. The van der Waals surface area contributed by atoms with Crippen LogP contribution in [0.3, 0.4) is 0 Å². The molecule has 5 nitrogen and oxygen atoms in total. The summed E-state index contributed by atoms with van der Waals surface area (Å²) in [5, 5.41) is 15.2. The summed E-state index contributed by atoms with van der Waals surface area (Å²) in [4.78, 5) is 12.1. The van der Waals surface area contributed by atoms with E-state index in [1.165, 1.54) is 22.9 Å². The minimum Gasteiger partial charge on any atom is -0.365 e. The number of anilines is 2. The minimum absolute atomic E-state index is 0.0590. The molecule has 0 aliphatic carbocycles. The Labute approximate surface area is 163 Å². The lowest BCUT2D eigenvalue weighted by atomic mass is 10.1. The molecule has 2 N–H and O–H groups in total. The van der Waals surface area contributed by atoms with E-state index in [1.54, 1.807) is 0 Å². The van der Waals surface area contributed by atoms with Gasteiger partial charge in [-0.2, -0.15) is 0 Å². The number of carbonyl (C=O) groups is 1. The summed E-state index contributed by atoms with van der Waals surface area (Å²) >= 11 is 1.36. The van der Waals surface area contributed by atoms with Crippen molar-refractivity contribution in [2.75, 3.05) is 16.4 Å². The maximum Gasteiger partial charge on any atom is 0.234 e. The second-order valence-electron chi connectivity index (χ2n) is 6.23. The van der Waals surface area contributed by atoms with Crippen LogP contribution in [0, 0.1) is 13.8 Å². The Balaban J connectivity index is 1.46. The Morgan fingerprint density at radius 3 is 2.48 bits per heavy atom. The topological polar surface area (TPSA) is 66.9 Å². The average molecular weight is 379 g/mol. The van der Waals surface area contributed by atoms with Crippen molar-refractivity contribution in [2.45, 2.75) is 25.4 Å². The third-order valence-electron chi connectivity index (χ3n) is 4.10. The zero-order valence-corrected chi connectivity index (χ0v) is 16.2. The molecule has 3 rings (SSSR count). The molecular weight excluding hydrogens is 356 g/mol. The van der Waals surface area contributed by atoms with Crippen molar-refractivity contribution >= 4 is 29.2 Å². The molecule has 0 fully saturated rings. The molecule has 27 heavy (non-hydrogen) atoms. The second kappa shape index (κ2) is 9.19. The molecule has 0 aliphatic heterocycles. The van der Waals surface area contributed by atoms with E-state index in [9.17, 15) is 4.79 Å². The summed E-state index contributed by atoms with van der Waals surface area (Å²) in [6.45, 7) is 4.77. The van der Waals surface area contributed by atoms with Gasteiger partial charge in [-0.3, -0.25) is 4.79 Å². The molecule has 1 heterocycles. The van der Waals surface area contributed by atoms with Gasteiger partial charge in [-0.1, -0.05) is 48.2 Å². The number of nitrogens with one attached hydrogen (secondary N) is 2. The summed E-state index contributed by atoms with van der Waals surface area (Å²) < 4.78 is 0. The number of rotatable bonds is 7. The fourth-order valence-corrected chi connectivity index (χ4v) is 3.05. The zero-order chi connectivity index (χ0) is 19.1. The minimum atomic E-state index is -0.0590. The summed E-state index contributed by atoms with van der Waals surface area (Å²) in [6, 6.07) is 19.8. The molecule has 1 aromatic heterocycles.